The van der Waals surface area contributed by atoms with Gasteiger partial charge in [0.2, 0.25) is 0 Å². The molecule has 0 bridgehead atoms. The summed E-state index contributed by atoms with van der Waals surface area (Å²) < 4.78 is 6.45. The van der Waals surface area contributed by atoms with Gasteiger partial charge in [0.25, 0.3) is 5.56 Å². The van der Waals surface area contributed by atoms with E-state index < -0.39 is 12.0 Å². The Labute approximate surface area is 200 Å². The number of nitrogens with one attached hydrogen (secondary N) is 2. The van der Waals surface area contributed by atoms with E-state index in [0.29, 0.717) is 40.6 Å². The van der Waals surface area contributed by atoms with E-state index in [0.717, 1.165) is 4.90 Å². The molecule has 2 amide bonds. The van der Waals surface area contributed by atoms with Crippen LogP contribution in [0.3, 0.4) is 0 Å². The van der Waals surface area contributed by atoms with E-state index >= 15 is 0 Å². The van der Waals surface area contributed by atoms with Crippen LogP contribution in [0.2, 0.25) is 0 Å². The van der Waals surface area contributed by atoms with Crippen LogP contribution in [0.25, 0.3) is 5.65 Å². The molecule has 0 spiro atoms. The van der Waals surface area contributed by atoms with Gasteiger partial charge in [-0.25, -0.2) is 14.6 Å². The molecule has 0 aliphatic heterocycles. The van der Waals surface area contributed by atoms with E-state index in [4.69, 9.17) is 4.74 Å². The molecule has 0 saturated heterocycles. The van der Waals surface area contributed by atoms with Gasteiger partial charge in [0.05, 0.1) is 23.6 Å². The number of aromatic nitrogens is 2. The molecule has 0 fully saturated rings. The van der Waals surface area contributed by atoms with Crippen molar-refractivity contribution in [3.05, 3.63) is 101 Å². The molecule has 2 aromatic carbocycles. The Balaban J connectivity index is 1.41. The van der Waals surface area contributed by atoms with Crippen LogP contribution in [0.15, 0.2) is 88.7 Å². The Morgan fingerprint density at radius 1 is 1.00 bits per heavy atom. The molecule has 2 aromatic heterocycles. The van der Waals surface area contributed by atoms with E-state index in [1.807, 2.05) is 24.3 Å². The Kier molecular flexibility index (Phi) is 7.24. The van der Waals surface area contributed by atoms with Crippen molar-refractivity contribution in [1.29, 1.82) is 0 Å². The van der Waals surface area contributed by atoms with Gasteiger partial charge in [-0.15, -0.1) is 11.8 Å². The lowest BCUT2D eigenvalue weighted by Crippen LogP contribution is -2.20. The monoisotopic (exact) mass is 474 g/mol. The normalized spacial score (nSPS) is 10.6. The summed E-state index contributed by atoms with van der Waals surface area (Å²) in [7, 11) is 0. The van der Waals surface area contributed by atoms with Crippen LogP contribution in [0.4, 0.5) is 16.2 Å². The maximum absolute atomic E-state index is 12.5. The molecular formula is C25H22N4O4S. The molecule has 4 rings (SSSR count). The first-order chi connectivity index (χ1) is 16.5. The molecule has 2 heterocycles. The molecule has 34 heavy (non-hydrogen) atoms. The smallest absolute Gasteiger partial charge is 0.338 e. The van der Waals surface area contributed by atoms with Crippen LogP contribution in [0.1, 0.15) is 23.0 Å². The lowest BCUT2D eigenvalue weighted by Gasteiger charge is -2.12. The highest BCUT2D eigenvalue weighted by molar-refractivity contribution is 7.98. The standard InChI is InChI=1S/C25H22N4O4S/c1-2-33-24(31)17-10-12-18(13-11-17)27-25(32)28-20-7-3-4-8-21(20)34-16-19-15-23(30)29-14-6-5-9-22(29)26-19/h3-15H,2,16H2,1H3,(H2,27,28,32). The SMILES string of the molecule is CCOC(=O)c1ccc(NC(=O)Nc2ccccc2SCc2cc(=O)n3ccccc3n2)cc1. The molecule has 0 radical (unpaired) electrons. The van der Waals surface area contributed by atoms with Crippen LogP contribution in [-0.4, -0.2) is 28.0 Å². The third-order valence-electron chi connectivity index (χ3n) is 4.79. The molecule has 4 aromatic rings. The largest absolute Gasteiger partial charge is 0.462 e. The van der Waals surface area contributed by atoms with Gasteiger partial charge >= 0.3 is 12.0 Å². The maximum Gasteiger partial charge on any atom is 0.338 e. The summed E-state index contributed by atoms with van der Waals surface area (Å²) in [5.74, 6) is 0.0593. The molecule has 9 heteroatoms. The van der Waals surface area contributed by atoms with Crippen LogP contribution in [0.5, 0.6) is 0 Å². The van der Waals surface area contributed by atoms with Crippen LogP contribution in [0, 0.1) is 0 Å². The number of carbonyl (C=O) groups is 2. The molecule has 0 unspecified atom stereocenters. The third kappa shape index (κ3) is 5.62. The lowest BCUT2D eigenvalue weighted by molar-refractivity contribution is 0.0526. The minimum atomic E-state index is -0.418. The van der Waals surface area contributed by atoms with Gasteiger partial charge in [0, 0.05) is 28.6 Å². The maximum atomic E-state index is 12.5. The number of ether oxygens (including phenoxy) is 1. The van der Waals surface area contributed by atoms with Crippen molar-refractivity contribution in [3.63, 3.8) is 0 Å². The summed E-state index contributed by atoms with van der Waals surface area (Å²) >= 11 is 1.47. The van der Waals surface area contributed by atoms with E-state index in [2.05, 4.69) is 15.6 Å². The van der Waals surface area contributed by atoms with E-state index in [-0.39, 0.29) is 5.56 Å². The van der Waals surface area contributed by atoms with Gasteiger partial charge in [0.15, 0.2) is 0 Å². The highest BCUT2D eigenvalue weighted by Crippen LogP contribution is 2.29. The predicted molar refractivity (Wildman–Crippen MR) is 133 cm³/mol. The van der Waals surface area contributed by atoms with Crippen molar-refractivity contribution < 1.29 is 14.3 Å². The van der Waals surface area contributed by atoms with Gasteiger partial charge in [-0.2, -0.15) is 0 Å². The first-order valence-corrected chi connectivity index (χ1v) is 11.6. The number of para-hydroxylation sites is 1. The third-order valence-corrected chi connectivity index (χ3v) is 5.90. The molecule has 2 N–H and O–H groups in total. The number of urea groups is 1. The summed E-state index contributed by atoms with van der Waals surface area (Å²) in [6, 6.07) is 20.4. The molecule has 0 atom stereocenters. The van der Waals surface area contributed by atoms with Crippen molar-refractivity contribution >= 4 is 40.8 Å². The zero-order valence-electron chi connectivity index (χ0n) is 18.4. The Morgan fingerprint density at radius 3 is 2.56 bits per heavy atom. The second-order valence-corrected chi connectivity index (χ2v) is 8.19. The Bertz CT molecular complexity index is 1390. The van der Waals surface area contributed by atoms with Crippen LogP contribution in [-0.2, 0) is 10.5 Å². The topological polar surface area (TPSA) is 102 Å². The number of hydrogen-bond acceptors (Lipinski definition) is 6. The number of pyridine rings is 1. The summed E-state index contributed by atoms with van der Waals surface area (Å²) in [6.07, 6.45) is 1.68. The number of carbonyl (C=O) groups excluding carboxylic acids is 2. The summed E-state index contributed by atoms with van der Waals surface area (Å²) in [5.41, 5.74) is 2.69. The number of rotatable bonds is 7. The van der Waals surface area contributed by atoms with E-state index in [1.165, 1.54) is 22.2 Å². The number of amides is 2. The predicted octanol–water partition coefficient (Wildman–Crippen LogP) is 4.81. The van der Waals surface area contributed by atoms with Crippen LogP contribution >= 0.6 is 11.8 Å². The molecule has 172 valence electrons. The van der Waals surface area contributed by atoms with Gasteiger partial charge < -0.3 is 15.4 Å². The minimum absolute atomic E-state index is 0.138. The molecule has 8 nitrogen and oxygen atoms in total. The number of esters is 1. The van der Waals surface area contributed by atoms with Crippen molar-refractivity contribution in [2.24, 2.45) is 0 Å². The van der Waals surface area contributed by atoms with Crippen LogP contribution < -0.4 is 16.2 Å². The Hall–Kier alpha value is -4.11. The number of fused-ring (bicyclic) bond motifs is 1. The highest BCUT2D eigenvalue weighted by Gasteiger charge is 2.10. The fourth-order valence-corrected chi connectivity index (χ4v) is 4.11. The number of nitrogens with zero attached hydrogens (tertiary/aromatic N) is 2. The Morgan fingerprint density at radius 2 is 1.76 bits per heavy atom. The average molecular weight is 475 g/mol. The second-order valence-electron chi connectivity index (χ2n) is 7.18. The highest BCUT2D eigenvalue weighted by atomic mass is 32.2. The average Bonchev–Trinajstić information content (AvgIpc) is 2.84. The minimum Gasteiger partial charge on any atom is -0.462 e. The molecule has 0 aliphatic carbocycles. The zero-order chi connectivity index (χ0) is 23.9. The number of anilines is 2. The van der Waals surface area contributed by atoms with Crippen molar-refractivity contribution in [2.45, 2.75) is 17.6 Å². The fraction of sp³-hybridized carbons (Fsp3) is 0.120. The quantitative estimate of drug-likeness (QED) is 0.295. The molecule has 0 saturated carbocycles. The van der Waals surface area contributed by atoms with Crippen molar-refractivity contribution in [3.8, 4) is 0 Å². The number of hydrogen-bond donors (Lipinski definition) is 2. The summed E-state index contributed by atoms with van der Waals surface area (Å²) in [6.45, 7) is 2.04. The number of benzene rings is 2. The molecule has 0 aliphatic rings. The van der Waals surface area contributed by atoms with Crippen molar-refractivity contribution in [1.82, 2.24) is 9.38 Å². The first kappa shape index (κ1) is 23.1. The number of thioether (sulfide) groups is 1. The van der Waals surface area contributed by atoms with E-state index in [1.54, 1.807) is 55.6 Å². The second kappa shape index (κ2) is 10.7. The first-order valence-electron chi connectivity index (χ1n) is 10.6. The zero-order valence-corrected chi connectivity index (χ0v) is 19.2. The molecular weight excluding hydrogens is 452 g/mol. The van der Waals surface area contributed by atoms with Gasteiger partial charge in [-0.1, -0.05) is 18.2 Å². The fourth-order valence-electron chi connectivity index (χ4n) is 3.21. The summed E-state index contributed by atoms with van der Waals surface area (Å²) in [5, 5.41) is 5.59. The lowest BCUT2D eigenvalue weighted by atomic mass is 10.2. The van der Waals surface area contributed by atoms with Crippen molar-refractivity contribution in [2.75, 3.05) is 17.2 Å². The van der Waals surface area contributed by atoms with E-state index in [9.17, 15) is 14.4 Å². The van der Waals surface area contributed by atoms with Gasteiger partial charge in [-0.05, 0) is 55.5 Å². The van der Waals surface area contributed by atoms with Gasteiger partial charge in [-0.3, -0.25) is 9.20 Å². The summed E-state index contributed by atoms with van der Waals surface area (Å²) in [4.78, 5) is 42.0. The van der Waals surface area contributed by atoms with Gasteiger partial charge in [0.1, 0.15) is 5.65 Å².